The van der Waals surface area contributed by atoms with Gasteiger partial charge in [-0.2, -0.15) is 0 Å². The summed E-state index contributed by atoms with van der Waals surface area (Å²) < 4.78 is 5.34. The fourth-order valence-electron chi connectivity index (χ4n) is 4.75. The number of piperidine rings is 1. The number of benzene rings is 1. The van der Waals surface area contributed by atoms with E-state index in [9.17, 15) is 9.59 Å². The predicted molar refractivity (Wildman–Crippen MR) is 124 cm³/mol. The van der Waals surface area contributed by atoms with E-state index >= 15 is 0 Å². The molecule has 2 saturated heterocycles. The van der Waals surface area contributed by atoms with Crippen LogP contribution in [0.3, 0.4) is 0 Å². The second-order valence-corrected chi connectivity index (χ2v) is 8.92. The number of H-pyrrole nitrogens is 1. The van der Waals surface area contributed by atoms with Crippen LogP contribution in [0.2, 0.25) is 0 Å². The standard InChI is InChI=1S/C25H29N5O3/c1-16-6-7-18-14-21(28-20(18)13-16)25(32)30-8-4-3-5-22(30)23-26-15-19(17(2)27-23)24(31)29-9-11-33-12-10-29/h6-7,13-15,22,28H,3-5,8-12H2,1-2H3/t22-/m1/s1. The molecule has 0 bridgehead atoms. The number of rotatable bonds is 3. The number of carbonyl (C=O) groups excluding carboxylic acids is 2. The van der Waals surface area contributed by atoms with Crippen molar-refractivity contribution in [2.24, 2.45) is 0 Å². The number of aryl methyl sites for hydroxylation is 2. The van der Waals surface area contributed by atoms with Crippen molar-refractivity contribution in [1.29, 1.82) is 0 Å². The average molecular weight is 448 g/mol. The minimum absolute atomic E-state index is 0.0386. The zero-order valence-corrected chi connectivity index (χ0v) is 19.1. The highest BCUT2D eigenvalue weighted by molar-refractivity contribution is 5.98. The molecule has 2 aromatic heterocycles. The third-order valence-electron chi connectivity index (χ3n) is 6.60. The molecule has 4 heterocycles. The molecule has 2 aliphatic heterocycles. The van der Waals surface area contributed by atoms with E-state index in [4.69, 9.17) is 9.72 Å². The van der Waals surface area contributed by atoms with Crippen molar-refractivity contribution < 1.29 is 14.3 Å². The van der Waals surface area contributed by atoms with E-state index in [0.717, 1.165) is 35.7 Å². The summed E-state index contributed by atoms with van der Waals surface area (Å²) in [5, 5.41) is 1.02. The lowest BCUT2D eigenvalue weighted by molar-refractivity contribution is 0.0301. The van der Waals surface area contributed by atoms with Gasteiger partial charge in [-0.25, -0.2) is 9.97 Å². The number of morpholine rings is 1. The van der Waals surface area contributed by atoms with E-state index < -0.39 is 0 Å². The fraction of sp³-hybridized carbons (Fsp3) is 0.440. The Labute approximate surface area is 193 Å². The van der Waals surface area contributed by atoms with Crippen molar-refractivity contribution in [1.82, 2.24) is 24.8 Å². The molecule has 0 unspecified atom stereocenters. The summed E-state index contributed by atoms with van der Waals surface area (Å²) in [6.07, 6.45) is 4.39. The van der Waals surface area contributed by atoms with Crippen molar-refractivity contribution in [3.05, 3.63) is 58.8 Å². The highest BCUT2D eigenvalue weighted by atomic mass is 16.5. The van der Waals surface area contributed by atoms with Gasteiger partial charge in [-0.05, 0) is 50.8 Å². The number of carbonyl (C=O) groups is 2. The smallest absolute Gasteiger partial charge is 0.270 e. The lowest BCUT2D eigenvalue weighted by atomic mass is 10.0. The molecule has 33 heavy (non-hydrogen) atoms. The van der Waals surface area contributed by atoms with E-state index in [1.807, 2.05) is 36.9 Å². The van der Waals surface area contributed by atoms with Gasteiger partial charge >= 0.3 is 0 Å². The first-order valence-electron chi connectivity index (χ1n) is 11.6. The summed E-state index contributed by atoms with van der Waals surface area (Å²) >= 11 is 0. The van der Waals surface area contributed by atoms with Crippen LogP contribution in [0.25, 0.3) is 10.9 Å². The van der Waals surface area contributed by atoms with Crippen molar-refractivity contribution in [3.8, 4) is 0 Å². The summed E-state index contributed by atoms with van der Waals surface area (Å²) in [4.78, 5) is 42.6. The Balaban J connectivity index is 1.40. The molecule has 0 saturated carbocycles. The van der Waals surface area contributed by atoms with Gasteiger partial charge in [-0.15, -0.1) is 0 Å². The minimum Gasteiger partial charge on any atom is -0.378 e. The first-order valence-corrected chi connectivity index (χ1v) is 11.6. The maximum absolute atomic E-state index is 13.5. The van der Waals surface area contributed by atoms with E-state index in [1.165, 1.54) is 0 Å². The molecule has 5 rings (SSSR count). The van der Waals surface area contributed by atoms with Crippen molar-refractivity contribution in [2.75, 3.05) is 32.8 Å². The minimum atomic E-state index is -0.203. The van der Waals surface area contributed by atoms with Crippen LogP contribution in [-0.2, 0) is 4.74 Å². The Kier molecular flexibility index (Phi) is 5.85. The zero-order chi connectivity index (χ0) is 22.9. The number of nitrogens with one attached hydrogen (secondary N) is 1. The van der Waals surface area contributed by atoms with Gasteiger partial charge in [0.1, 0.15) is 5.69 Å². The Morgan fingerprint density at radius 3 is 2.67 bits per heavy atom. The van der Waals surface area contributed by atoms with Gasteiger partial charge in [0.15, 0.2) is 5.82 Å². The molecule has 2 amide bonds. The summed E-state index contributed by atoms with van der Waals surface area (Å²) in [5.41, 5.74) is 3.86. The van der Waals surface area contributed by atoms with Gasteiger partial charge in [0.2, 0.25) is 0 Å². The SMILES string of the molecule is Cc1ccc2cc(C(=O)N3CCCC[C@@H]3c3ncc(C(=O)N4CCOCC4)c(C)n3)[nH]c2c1. The molecule has 2 aliphatic rings. The number of fused-ring (bicyclic) bond motifs is 1. The maximum Gasteiger partial charge on any atom is 0.270 e. The van der Waals surface area contributed by atoms with Crippen LogP contribution >= 0.6 is 0 Å². The lowest BCUT2D eigenvalue weighted by Gasteiger charge is -2.34. The summed E-state index contributed by atoms with van der Waals surface area (Å²) in [6, 6.07) is 7.84. The Bertz CT molecular complexity index is 1200. The molecule has 8 heteroatoms. The van der Waals surface area contributed by atoms with E-state index in [0.29, 0.717) is 55.6 Å². The molecule has 8 nitrogen and oxygen atoms in total. The van der Waals surface area contributed by atoms with Crippen LogP contribution in [0.5, 0.6) is 0 Å². The molecule has 0 radical (unpaired) electrons. The number of amides is 2. The highest BCUT2D eigenvalue weighted by Crippen LogP contribution is 2.31. The zero-order valence-electron chi connectivity index (χ0n) is 19.1. The van der Waals surface area contributed by atoms with Crippen LogP contribution in [0, 0.1) is 13.8 Å². The predicted octanol–water partition coefficient (Wildman–Crippen LogP) is 3.41. The normalized spacial score (nSPS) is 19.2. The summed E-state index contributed by atoms with van der Waals surface area (Å²) in [5.74, 6) is 0.501. The highest BCUT2D eigenvalue weighted by Gasteiger charge is 2.32. The largest absolute Gasteiger partial charge is 0.378 e. The fourth-order valence-corrected chi connectivity index (χ4v) is 4.75. The molecule has 0 aliphatic carbocycles. The number of likely N-dealkylation sites (tertiary alicyclic amines) is 1. The van der Waals surface area contributed by atoms with E-state index in [1.54, 1.807) is 11.1 Å². The first-order chi connectivity index (χ1) is 16.0. The molecular weight excluding hydrogens is 418 g/mol. The van der Waals surface area contributed by atoms with Gasteiger partial charge in [0.25, 0.3) is 11.8 Å². The Morgan fingerprint density at radius 1 is 1.06 bits per heavy atom. The van der Waals surface area contributed by atoms with Gasteiger partial charge < -0.3 is 19.5 Å². The van der Waals surface area contributed by atoms with Crippen LogP contribution in [0.15, 0.2) is 30.5 Å². The van der Waals surface area contributed by atoms with Crippen molar-refractivity contribution >= 4 is 22.7 Å². The number of hydrogen-bond donors (Lipinski definition) is 1. The molecule has 1 N–H and O–H groups in total. The van der Waals surface area contributed by atoms with Crippen LogP contribution < -0.4 is 0 Å². The molecule has 0 spiro atoms. The third kappa shape index (κ3) is 4.23. The van der Waals surface area contributed by atoms with Crippen LogP contribution in [0.4, 0.5) is 0 Å². The molecule has 1 aromatic carbocycles. The van der Waals surface area contributed by atoms with E-state index in [-0.39, 0.29) is 17.9 Å². The van der Waals surface area contributed by atoms with Crippen LogP contribution in [-0.4, -0.2) is 69.4 Å². The second-order valence-electron chi connectivity index (χ2n) is 8.92. The third-order valence-corrected chi connectivity index (χ3v) is 6.60. The van der Waals surface area contributed by atoms with Gasteiger partial charge in [-0.3, -0.25) is 9.59 Å². The van der Waals surface area contributed by atoms with Crippen molar-refractivity contribution in [3.63, 3.8) is 0 Å². The lowest BCUT2D eigenvalue weighted by Crippen LogP contribution is -2.41. The average Bonchev–Trinajstić information content (AvgIpc) is 3.27. The number of hydrogen-bond acceptors (Lipinski definition) is 5. The second kappa shape index (κ2) is 8.94. The maximum atomic E-state index is 13.5. The van der Waals surface area contributed by atoms with E-state index in [2.05, 4.69) is 16.0 Å². The quantitative estimate of drug-likeness (QED) is 0.664. The first kappa shape index (κ1) is 21.6. The topological polar surface area (TPSA) is 91.4 Å². The molecule has 172 valence electrons. The van der Waals surface area contributed by atoms with Gasteiger partial charge in [0.05, 0.1) is 30.5 Å². The Morgan fingerprint density at radius 2 is 1.88 bits per heavy atom. The number of ether oxygens (including phenoxy) is 1. The number of aromatic amines is 1. The molecular formula is C25H29N5O3. The van der Waals surface area contributed by atoms with Crippen molar-refractivity contribution in [2.45, 2.75) is 39.2 Å². The summed E-state index contributed by atoms with van der Waals surface area (Å²) in [6.45, 7) is 6.80. The molecule has 3 aromatic rings. The molecule has 1 atom stereocenters. The van der Waals surface area contributed by atoms with Gasteiger partial charge in [-0.1, -0.05) is 12.1 Å². The Hall–Kier alpha value is -3.26. The number of nitrogens with zero attached hydrogens (tertiary/aromatic N) is 4. The van der Waals surface area contributed by atoms with Gasteiger partial charge in [0, 0.05) is 36.7 Å². The molecule has 2 fully saturated rings. The number of aromatic nitrogens is 3. The van der Waals surface area contributed by atoms with Crippen LogP contribution in [0.1, 0.15) is 63.2 Å². The monoisotopic (exact) mass is 447 g/mol. The summed E-state index contributed by atoms with van der Waals surface area (Å²) in [7, 11) is 0.